The van der Waals surface area contributed by atoms with Gasteiger partial charge >= 0.3 is 0 Å². The molecule has 0 aliphatic heterocycles. The third-order valence-corrected chi connectivity index (χ3v) is 14.5. The first-order chi connectivity index (χ1) is 28.9. The Hall–Kier alpha value is -0.820. The van der Waals surface area contributed by atoms with Gasteiger partial charge in [0.15, 0.2) is 0 Å². The second kappa shape index (κ2) is 40.0. The lowest BCUT2D eigenvalue weighted by molar-refractivity contribution is -0.933. The SMILES string of the molecule is CCCCCCCCCCCCc1cccc(C(CCCCCCCCCCCC)(CCCCCCCCCCCC)[N+](C)(C)C)c1CCCCCCCCCCCC. The number of aryl methyl sites for hydroxylation is 1. The molecular weight excluding hydrogens is 711 g/mol. The number of nitrogens with zero attached hydrogens (tertiary/aromatic N) is 1. The third-order valence-electron chi connectivity index (χ3n) is 14.5. The van der Waals surface area contributed by atoms with Gasteiger partial charge < -0.3 is 4.48 Å². The van der Waals surface area contributed by atoms with E-state index >= 15 is 0 Å². The molecule has 0 saturated carbocycles. The van der Waals surface area contributed by atoms with Crippen molar-refractivity contribution in [3.8, 4) is 0 Å². The van der Waals surface area contributed by atoms with Gasteiger partial charge in [0, 0.05) is 18.4 Å². The van der Waals surface area contributed by atoms with E-state index in [1.807, 2.05) is 0 Å². The van der Waals surface area contributed by atoms with E-state index in [-0.39, 0.29) is 5.54 Å². The summed E-state index contributed by atoms with van der Waals surface area (Å²) in [5.74, 6) is 0. The Morgan fingerprint density at radius 1 is 0.322 bits per heavy atom. The lowest BCUT2D eigenvalue weighted by Gasteiger charge is -2.48. The van der Waals surface area contributed by atoms with Crippen LogP contribution in [-0.2, 0) is 18.4 Å². The molecule has 1 nitrogen and oxygen atoms in total. The third kappa shape index (κ3) is 28.5. The van der Waals surface area contributed by atoms with Crippen LogP contribution in [0.4, 0.5) is 0 Å². The van der Waals surface area contributed by atoms with E-state index in [1.54, 1.807) is 16.7 Å². The lowest BCUT2D eigenvalue weighted by Crippen LogP contribution is -2.55. The molecule has 0 aliphatic carbocycles. The maximum absolute atomic E-state index is 2.66. The van der Waals surface area contributed by atoms with Gasteiger partial charge in [-0.05, 0) is 49.7 Å². The van der Waals surface area contributed by atoms with Gasteiger partial charge in [-0.15, -0.1) is 0 Å². The van der Waals surface area contributed by atoms with Crippen LogP contribution in [0.2, 0.25) is 0 Å². The fourth-order valence-electron chi connectivity index (χ4n) is 10.4. The zero-order chi connectivity index (χ0) is 43.0. The molecule has 1 aromatic carbocycles. The standard InChI is InChI=1S/C58H112N/c1-8-12-16-20-24-28-32-36-40-44-49-55-50-48-52-57(56(55)51-45-41-37-33-29-25-21-17-13-9-2)58(59(5,6)7,53-46-42-38-34-30-26-22-18-14-10-3)54-47-43-39-35-31-27-23-19-15-11-4/h48,50,52H,8-47,49,51,53-54H2,1-7H3/q+1. The molecule has 0 amide bonds. The highest BCUT2D eigenvalue weighted by molar-refractivity contribution is 5.40. The van der Waals surface area contributed by atoms with Crippen molar-refractivity contribution >= 4 is 0 Å². The highest BCUT2D eigenvalue weighted by atomic mass is 15.3. The Labute approximate surface area is 374 Å². The molecule has 0 heterocycles. The normalized spacial score (nSPS) is 12.3. The average Bonchev–Trinajstić information content (AvgIpc) is 3.22. The molecule has 0 fully saturated rings. The minimum Gasteiger partial charge on any atom is -0.322 e. The molecule has 0 N–H and O–H groups in total. The molecule has 59 heavy (non-hydrogen) atoms. The van der Waals surface area contributed by atoms with E-state index in [9.17, 15) is 0 Å². The highest BCUT2D eigenvalue weighted by Crippen LogP contribution is 2.44. The van der Waals surface area contributed by atoms with Crippen molar-refractivity contribution in [2.45, 2.75) is 316 Å². The Kier molecular flexibility index (Phi) is 38.1. The van der Waals surface area contributed by atoms with E-state index in [0.717, 1.165) is 4.48 Å². The number of benzene rings is 1. The lowest BCUT2D eigenvalue weighted by atomic mass is 9.73. The Morgan fingerprint density at radius 3 is 0.898 bits per heavy atom. The van der Waals surface area contributed by atoms with Crippen LogP contribution in [0.25, 0.3) is 0 Å². The average molecular weight is 824 g/mol. The Balaban J connectivity index is 3.15. The summed E-state index contributed by atoms with van der Waals surface area (Å²) in [6, 6.07) is 7.73. The van der Waals surface area contributed by atoms with Crippen LogP contribution in [0.1, 0.15) is 314 Å². The molecule has 1 rings (SSSR count). The van der Waals surface area contributed by atoms with Crippen LogP contribution in [0, 0.1) is 0 Å². The predicted molar refractivity (Wildman–Crippen MR) is 270 cm³/mol. The summed E-state index contributed by atoms with van der Waals surface area (Å²) in [5, 5.41) is 0. The summed E-state index contributed by atoms with van der Waals surface area (Å²) in [5.41, 5.74) is 5.51. The summed E-state index contributed by atoms with van der Waals surface area (Å²) in [7, 11) is 7.73. The van der Waals surface area contributed by atoms with Crippen LogP contribution in [0.3, 0.4) is 0 Å². The quantitative estimate of drug-likeness (QED) is 0.0454. The van der Waals surface area contributed by atoms with E-state index in [1.165, 1.54) is 283 Å². The smallest absolute Gasteiger partial charge is 0.124 e. The summed E-state index contributed by atoms with van der Waals surface area (Å²) in [6.45, 7) is 9.34. The molecule has 0 aromatic heterocycles. The van der Waals surface area contributed by atoms with Crippen molar-refractivity contribution in [2.75, 3.05) is 21.1 Å². The monoisotopic (exact) mass is 823 g/mol. The van der Waals surface area contributed by atoms with Crippen LogP contribution >= 0.6 is 0 Å². The van der Waals surface area contributed by atoms with Crippen molar-refractivity contribution in [1.82, 2.24) is 0 Å². The molecule has 0 radical (unpaired) electrons. The van der Waals surface area contributed by atoms with Crippen LogP contribution in [-0.4, -0.2) is 25.6 Å². The molecule has 0 atom stereocenters. The molecular formula is C58H112N+. The topological polar surface area (TPSA) is 0 Å². The summed E-state index contributed by atoms with van der Waals surface area (Å²) < 4.78 is 1.08. The first kappa shape index (κ1) is 56.2. The van der Waals surface area contributed by atoms with Gasteiger partial charge in [-0.3, -0.25) is 0 Å². The van der Waals surface area contributed by atoms with Gasteiger partial charge in [0.2, 0.25) is 0 Å². The maximum Gasteiger partial charge on any atom is 0.124 e. The van der Waals surface area contributed by atoms with E-state index in [4.69, 9.17) is 0 Å². The molecule has 348 valence electrons. The molecule has 1 aromatic rings. The second-order valence-electron chi connectivity index (χ2n) is 20.7. The van der Waals surface area contributed by atoms with Crippen LogP contribution in [0.15, 0.2) is 18.2 Å². The molecule has 0 aliphatic rings. The van der Waals surface area contributed by atoms with E-state index in [2.05, 4.69) is 67.0 Å². The summed E-state index contributed by atoms with van der Waals surface area (Å²) in [4.78, 5) is 0. The molecule has 0 saturated heterocycles. The van der Waals surface area contributed by atoms with Crippen molar-refractivity contribution < 1.29 is 4.48 Å². The summed E-state index contributed by atoms with van der Waals surface area (Å²) in [6.07, 6.45) is 62.4. The van der Waals surface area contributed by atoms with Crippen molar-refractivity contribution in [3.05, 3.63) is 34.9 Å². The van der Waals surface area contributed by atoms with Gasteiger partial charge in [-0.1, -0.05) is 277 Å². The van der Waals surface area contributed by atoms with Gasteiger partial charge in [0.25, 0.3) is 0 Å². The van der Waals surface area contributed by atoms with E-state index < -0.39 is 0 Å². The highest BCUT2D eigenvalue weighted by Gasteiger charge is 2.45. The van der Waals surface area contributed by atoms with Gasteiger partial charge in [0.05, 0.1) is 21.1 Å². The molecule has 1 heteroatoms. The minimum atomic E-state index is 0.210. The van der Waals surface area contributed by atoms with Crippen molar-refractivity contribution in [3.63, 3.8) is 0 Å². The van der Waals surface area contributed by atoms with Crippen LogP contribution < -0.4 is 0 Å². The van der Waals surface area contributed by atoms with Gasteiger partial charge in [0.1, 0.15) is 5.54 Å². The number of unbranched alkanes of at least 4 members (excludes halogenated alkanes) is 36. The Bertz CT molecular complexity index is 977. The van der Waals surface area contributed by atoms with Crippen molar-refractivity contribution in [1.29, 1.82) is 0 Å². The largest absolute Gasteiger partial charge is 0.322 e. The van der Waals surface area contributed by atoms with Gasteiger partial charge in [-0.25, -0.2) is 0 Å². The predicted octanol–water partition coefficient (Wildman–Crippen LogP) is 20.1. The maximum atomic E-state index is 2.66. The van der Waals surface area contributed by atoms with Gasteiger partial charge in [-0.2, -0.15) is 0 Å². The zero-order valence-electron chi connectivity index (χ0n) is 42.3. The second-order valence-corrected chi connectivity index (χ2v) is 20.7. The number of hydrogen-bond acceptors (Lipinski definition) is 0. The number of rotatable bonds is 46. The summed E-state index contributed by atoms with van der Waals surface area (Å²) >= 11 is 0. The molecule has 0 unspecified atom stereocenters. The fourth-order valence-corrected chi connectivity index (χ4v) is 10.4. The molecule has 0 spiro atoms. The van der Waals surface area contributed by atoms with E-state index in [0.29, 0.717) is 0 Å². The number of quaternary nitrogens is 1. The zero-order valence-corrected chi connectivity index (χ0v) is 42.3. The minimum absolute atomic E-state index is 0.210. The molecule has 0 bridgehead atoms. The Morgan fingerprint density at radius 2 is 0.593 bits per heavy atom. The first-order valence-electron chi connectivity index (χ1n) is 27.8. The fraction of sp³-hybridized carbons (Fsp3) is 0.897. The first-order valence-corrected chi connectivity index (χ1v) is 27.8. The van der Waals surface area contributed by atoms with Crippen LogP contribution in [0.5, 0.6) is 0 Å². The number of hydrogen-bond donors (Lipinski definition) is 0. The van der Waals surface area contributed by atoms with Crippen molar-refractivity contribution in [2.24, 2.45) is 0 Å².